The molecule has 2 heterocycles. The van der Waals surface area contributed by atoms with E-state index in [1.807, 2.05) is 18.2 Å². The minimum atomic E-state index is 0.0833. The summed E-state index contributed by atoms with van der Waals surface area (Å²) in [6.07, 6.45) is 2.28. The predicted molar refractivity (Wildman–Crippen MR) is 93.5 cm³/mol. The SMILES string of the molecule is O=C1CCc2c(cccc2OCCCN2CCN(CCO)CC2)N1. The molecule has 132 valence electrons. The molecule has 1 saturated heterocycles. The standard InChI is InChI=1S/C18H27N3O3/c22-13-12-21-10-8-20(9-11-21)7-2-14-24-17-4-1-3-16-15(17)5-6-18(23)19-16/h1,3-4,22H,2,5-14H2,(H,19,23). The van der Waals surface area contributed by atoms with Crippen LogP contribution < -0.4 is 10.1 Å². The summed E-state index contributed by atoms with van der Waals surface area (Å²) in [5.74, 6) is 0.986. The van der Waals surface area contributed by atoms with Crippen molar-refractivity contribution < 1.29 is 14.6 Å². The number of fused-ring (bicyclic) bond motifs is 1. The molecule has 6 nitrogen and oxygen atoms in total. The first-order valence-corrected chi connectivity index (χ1v) is 8.86. The van der Waals surface area contributed by atoms with Gasteiger partial charge in [0.15, 0.2) is 0 Å². The fourth-order valence-corrected chi connectivity index (χ4v) is 3.38. The summed E-state index contributed by atoms with van der Waals surface area (Å²) in [5.41, 5.74) is 2.01. The molecule has 2 aliphatic heterocycles. The number of β-amino-alcohol motifs (C(OH)–C–C–N with tert-alkyl or cyclic N) is 1. The van der Waals surface area contributed by atoms with Gasteiger partial charge in [-0.15, -0.1) is 0 Å². The molecule has 24 heavy (non-hydrogen) atoms. The Morgan fingerprint density at radius 3 is 2.58 bits per heavy atom. The van der Waals surface area contributed by atoms with Crippen LogP contribution in [-0.4, -0.2) is 73.3 Å². The molecule has 0 spiro atoms. The third kappa shape index (κ3) is 4.47. The Hall–Kier alpha value is -1.63. The number of hydrogen-bond donors (Lipinski definition) is 2. The molecule has 3 rings (SSSR count). The van der Waals surface area contributed by atoms with Gasteiger partial charge in [0.2, 0.25) is 5.91 Å². The van der Waals surface area contributed by atoms with Gasteiger partial charge in [0.1, 0.15) is 5.75 Å². The van der Waals surface area contributed by atoms with Crippen molar-refractivity contribution in [1.29, 1.82) is 0 Å². The molecular formula is C18H27N3O3. The van der Waals surface area contributed by atoms with E-state index in [2.05, 4.69) is 15.1 Å². The number of nitrogens with zero attached hydrogens (tertiary/aromatic N) is 2. The van der Waals surface area contributed by atoms with E-state index in [4.69, 9.17) is 9.84 Å². The highest BCUT2D eigenvalue weighted by Crippen LogP contribution is 2.31. The molecule has 0 aliphatic carbocycles. The Bertz CT molecular complexity index is 556. The van der Waals surface area contributed by atoms with Gasteiger partial charge in [0, 0.05) is 56.9 Å². The highest BCUT2D eigenvalue weighted by molar-refractivity contribution is 5.94. The van der Waals surface area contributed by atoms with E-state index in [-0.39, 0.29) is 12.5 Å². The average Bonchev–Trinajstić information content (AvgIpc) is 2.60. The minimum absolute atomic E-state index is 0.0833. The van der Waals surface area contributed by atoms with E-state index < -0.39 is 0 Å². The maximum absolute atomic E-state index is 11.5. The monoisotopic (exact) mass is 333 g/mol. The lowest BCUT2D eigenvalue weighted by Crippen LogP contribution is -2.47. The van der Waals surface area contributed by atoms with Gasteiger partial charge in [0.05, 0.1) is 13.2 Å². The summed E-state index contributed by atoms with van der Waals surface area (Å²) in [5, 5.41) is 11.9. The topological polar surface area (TPSA) is 65.0 Å². The van der Waals surface area contributed by atoms with Gasteiger partial charge in [-0.3, -0.25) is 9.69 Å². The van der Waals surface area contributed by atoms with Crippen molar-refractivity contribution in [3.8, 4) is 5.75 Å². The zero-order valence-corrected chi connectivity index (χ0v) is 14.2. The van der Waals surface area contributed by atoms with Gasteiger partial charge in [-0.2, -0.15) is 0 Å². The van der Waals surface area contributed by atoms with Crippen molar-refractivity contribution in [2.45, 2.75) is 19.3 Å². The lowest BCUT2D eigenvalue weighted by molar-refractivity contribution is -0.116. The zero-order chi connectivity index (χ0) is 16.8. The number of aliphatic hydroxyl groups is 1. The van der Waals surface area contributed by atoms with Crippen LogP contribution in [0.25, 0.3) is 0 Å². The molecule has 0 atom stereocenters. The minimum Gasteiger partial charge on any atom is -0.493 e. The first kappa shape index (κ1) is 17.2. The van der Waals surface area contributed by atoms with Crippen molar-refractivity contribution in [2.75, 3.05) is 57.8 Å². The van der Waals surface area contributed by atoms with Crippen LogP contribution in [-0.2, 0) is 11.2 Å². The Morgan fingerprint density at radius 1 is 1.08 bits per heavy atom. The number of rotatable bonds is 7. The second-order valence-electron chi connectivity index (χ2n) is 6.44. The summed E-state index contributed by atoms with van der Waals surface area (Å²) in [6, 6.07) is 5.86. The van der Waals surface area contributed by atoms with Crippen LogP contribution in [0.1, 0.15) is 18.4 Å². The smallest absolute Gasteiger partial charge is 0.224 e. The van der Waals surface area contributed by atoms with E-state index in [0.29, 0.717) is 13.0 Å². The second kappa shape index (κ2) is 8.46. The van der Waals surface area contributed by atoms with Crippen LogP contribution in [0.15, 0.2) is 18.2 Å². The number of benzene rings is 1. The summed E-state index contributed by atoms with van der Waals surface area (Å²) in [6.45, 7) is 6.96. The Balaban J connectivity index is 1.40. The molecule has 2 N–H and O–H groups in total. The van der Waals surface area contributed by atoms with Gasteiger partial charge < -0.3 is 20.1 Å². The van der Waals surface area contributed by atoms with E-state index in [1.54, 1.807) is 0 Å². The number of piperazine rings is 1. The van der Waals surface area contributed by atoms with Crippen molar-refractivity contribution in [3.05, 3.63) is 23.8 Å². The first-order chi connectivity index (χ1) is 11.8. The van der Waals surface area contributed by atoms with E-state index >= 15 is 0 Å². The molecule has 6 heteroatoms. The molecule has 0 saturated carbocycles. The quantitative estimate of drug-likeness (QED) is 0.728. The van der Waals surface area contributed by atoms with E-state index in [9.17, 15) is 4.79 Å². The average molecular weight is 333 g/mol. The number of aliphatic hydroxyl groups excluding tert-OH is 1. The lowest BCUT2D eigenvalue weighted by Gasteiger charge is -2.34. The number of anilines is 1. The number of hydrogen-bond acceptors (Lipinski definition) is 5. The van der Waals surface area contributed by atoms with Gasteiger partial charge in [-0.05, 0) is 25.0 Å². The van der Waals surface area contributed by atoms with Gasteiger partial charge in [0.25, 0.3) is 0 Å². The van der Waals surface area contributed by atoms with Crippen LogP contribution in [0.3, 0.4) is 0 Å². The Labute approximate surface area is 143 Å². The lowest BCUT2D eigenvalue weighted by atomic mass is 10.0. The van der Waals surface area contributed by atoms with E-state index in [1.165, 1.54) is 0 Å². The van der Waals surface area contributed by atoms with Gasteiger partial charge >= 0.3 is 0 Å². The van der Waals surface area contributed by atoms with Crippen molar-refractivity contribution >= 4 is 11.6 Å². The molecule has 1 aromatic rings. The van der Waals surface area contributed by atoms with Gasteiger partial charge in [-0.25, -0.2) is 0 Å². The molecular weight excluding hydrogens is 306 g/mol. The van der Waals surface area contributed by atoms with Crippen LogP contribution in [0, 0.1) is 0 Å². The zero-order valence-electron chi connectivity index (χ0n) is 14.2. The van der Waals surface area contributed by atoms with Gasteiger partial charge in [-0.1, -0.05) is 6.07 Å². The maximum Gasteiger partial charge on any atom is 0.224 e. The number of amides is 1. The van der Waals surface area contributed by atoms with Crippen LogP contribution >= 0.6 is 0 Å². The summed E-state index contributed by atoms with van der Waals surface area (Å²) >= 11 is 0. The second-order valence-corrected chi connectivity index (χ2v) is 6.44. The third-order valence-corrected chi connectivity index (χ3v) is 4.77. The molecule has 0 unspecified atom stereocenters. The van der Waals surface area contributed by atoms with E-state index in [0.717, 1.165) is 69.1 Å². The molecule has 1 amide bonds. The Morgan fingerprint density at radius 2 is 1.83 bits per heavy atom. The van der Waals surface area contributed by atoms with Crippen LogP contribution in [0.2, 0.25) is 0 Å². The number of nitrogens with one attached hydrogen (secondary N) is 1. The number of ether oxygens (including phenoxy) is 1. The summed E-state index contributed by atoms with van der Waals surface area (Å²) in [7, 11) is 0. The normalized spacial score (nSPS) is 19.0. The molecule has 2 aliphatic rings. The number of carbonyl (C=O) groups is 1. The van der Waals surface area contributed by atoms with Crippen LogP contribution in [0.5, 0.6) is 5.75 Å². The first-order valence-electron chi connectivity index (χ1n) is 8.86. The molecule has 0 aromatic heterocycles. The highest BCUT2D eigenvalue weighted by Gasteiger charge is 2.19. The summed E-state index contributed by atoms with van der Waals surface area (Å²) in [4.78, 5) is 16.2. The summed E-state index contributed by atoms with van der Waals surface area (Å²) < 4.78 is 5.97. The fourth-order valence-electron chi connectivity index (χ4n) is 3.38. The maximum atomic E-state index is 11.5. The third-order valence-electron chi connectivity index (χ3n) is 4.77. The largest absolute Gasteiger partial charge is 0.493 e. The van der Waals surface area contributed by atoms with Crippen molar-refractivity contribution in [2.24, 2.45) is 0 Å². The highest BCUT2D eigenvalue weighted by atomic mass is 16.5. The van der Waals surface area contributed by atoms with Crippen molar-refractivity contribution in [1.82, 2.24) is 9.80 Å². The molecule has 1 fully saturated rings. The molecule has 0 bridgehead atoms. The molecule has 0 radical (unpaired) electrons. The Kier molecular flexibility index (Phi) is 6.07. The predicted octanol–water partition coefficient (Wildman–Crippen LogP) is 0.950. The van der Waals surface area contributed by atoms with Crippen LogP contribution in [0.4, 0.5) is 5.69 Å². The number of carbonyl (C=O) groups excluding carboxylic acids is 1. The molecule has 1 aromatic carbocycles. The van der Waals surface area contributed by atoms with Crippen molar-refractivity contribution in [3.63, 3.8) is 0 Å². The fraction of sp³-hybridized carbons (Fsp3) is 0.611.